The summed E-state index contributed by atoms with van der Waals surface area (Å²) in [6, 6.07) is 12.5. The maximum atomic E-state index is 5.58. The van der Waals surface area contributed by atoms with Gasteiger partial charge >= 0.3 is 0 Å². The SMILES string of the molecule is COc1ccnc(NCC2(N[C@H](C)c3ccccc3)CCOCC2)n1. The molecule has 0 amide bonds. The Morgan fingerprint density at radius 1 is 1.20 bits per heavy atom. The van der Waals surface area contributed by atoms with Crippen LogP contribution in [0.5, 0.6) is 5.88 Å². The molecule has 0 spiro atoms. The summed E-state index contributed by atoms with van der Waals surface area (Å²) in [6.45, 7) is 4.46. The number of nitrogens with zero attached hydrogens (tertiary/aromatic N) is 2. The summed E-state index contributed by atoms with van der Waals surface area (Å²) in [6.07, 6.45) is 3.59. The summed E-state index contributed by atoms with van der Waals surface area (Å²) in [4.78, 5) is 8.62. The number of hydrogen-bond donors (Lipinski definition) is 2. The highest BCUT2D eigenvalue weighted by Crippen LogP contribution is 2.26. The van der Waals surface area contributed by atoms with Gasteiger partial charge in [-0.1, -0.05) is 30.3 Å². The first-order valence-corrected chi connectivity index (χ1v) is 8.72. The average Bonchev–Trinajstić information content (AvgIpc) is 2.68. The van der Waals surface area contributed by atoms with Gasteiger partial charge in [0.2, 0.25) is 11.8 Å². The Hall–Kier alpha value is -2.18. The molecule has 1 aromatic heterocycles. The van der Waals surface area contributed by atoms with Crippen molar-refractivity contribution in [3.05, 3.63) is 48.2 Å². The first-order valence-electron chi connectivity index (χ1n) is 8.72. The van der Waals surface area contributed by atoms with E-state index in [9.17, 15) is 0 Å². The van der Waals surface area contributed by atoms with E-state index in [1.165, 1.54) is 5.56 Å². The molecular weight excluding hydrogens is 316 g/mol. The Bertz CT molecular complexity index is 659. The average molecular weight is 342 g/mol. The Labute approximate surface area is 149 Å². The van der Waals surface area contributed by atoms with Gasteiger partial charge in [0.1, 0.15) is 0 Å². The summed E-state index contributed by atoms with van der Waals surface area (Å²) >= 11 is 0. The molecule has 2 N–H and O–H groups in total. The van der Waals surface area contributed by atoms with Crippen LogP contribution in [0.4, 0.5) is 5.95 Å². The smallest absolute Gasteiger partial charge is 0.226 e. The molecule has 0 unspecified atom stereocenters. The molecule has 3 rings (SSSR count). The van der Waals surface area contributed by atoms with Crippen molar-refractivity contribution >= 4 is 5.95 Å². The molecular formula is C19H26N4O2. The molecule has 2 heterocycles. The van der Waals surface area contributed by atoms with E-state index >= 15 is 0 Å². The quantitative estimate of drug-likeness (QED) is 0.806. The zero-order chi connectivity index (χ0) is 17.5. The van der Waals surface area contributed by atoms with Crippen LogP contribution in [0.15, 0.2) is 42.6 Å². The van der Waals surface area contributed by atoms with Gasteiger partial charge in [-0.25, -0.2) is 4.98 Å². The second-order valence-corrected chi connectivity index (χ2v) is 6.45. The molecule has 0 saturated carbocycles. The van der Waals surface area contributed by atoms with E-state index in [1.807, 2.05) is 6.07 Å². The number of rotatable bonds is 7. The second-order valence-electron chi connectivity index (χ2n) is 6.45. The molecule has 0 aliphatic carbocycles. The minimum Gasteiger partial charge on any atom is -0.481 e. The van der Waals surface area contributed by atoms with Gasteiger partial charge in [0.25, 0.3) is 0 Å². The molecule has 0 radical (unpaired) electrons. The number of ether oxygens (including phenoxy) is 2. The fraction of sp³-hybridized carbons (Fsp3) is 0.474. The highest BCUT2D eigenvalue weighted by molar-refractivity contribution is 5.29. The Balaban J connectivity index is 1.69. The third-order valence-corrected chi connectivity index (χ3v) is 4.70. The van der Waals surface area contributed by atoms with Gasteiger partial charge in [-0.05, 0) is 25.3 Å². The molecule has 25 heavy (non-hydrogen) atoms. The van der Waals surface area contributed by atoms with Crippen molar-refractivity contribution in [3.63, 3.8) is 0 Å². The normalized spacial score (nSPS) is 17.7. The number of hydrogen-bond acceptors (Lipinski definition) is 6. The van der Waals surface area contributed by atoms with Crippen LogP contribution in [0, 0.1) is 0 Å². The zero-order valence-electron chi connectivity index (χ0n) is 14.9. The van der Waals surface area contributed by atoms with Gasteiger partial charge in [0.05, 0.1) is 7.11 Å². The summed E-state index contributed by atoms with van der Waals surface area (Å²) in [5, 5.41) is 7.18. The first-order chi connectivity index (χ1) is 12.2. The van der Waals surface area contributed by atoms with Gasteiger partial charge in [0.15, 0.2) is 0 Å². The largest absolute Gasteiger partial charge is 0.481 e. The number of methoxy groups -OCH3 is 1. The van der Waals surface area contributed by atoms with E-state index in [0.29, 0.717) is 11.8 Å². The Kier molecular flexibility index (Phi) is 5.83. The molecule has 1 saturated heterocycles. The monoisotopic (exact) mass is 342 g/mol. The maximum absolute atomic E-state index is 5.58. The molecule has 1 aliphatic rings. The highest BCUT2D eigenvalue weighted by Gasteiger charge is 2.34. The predicted octanol–water partition coefficient (Wildman–Crippen LogP) is 2.80. The Morgan fingerprint density at radius 2 is 1.96 bits per heavy atom. The number of benzene rings is 1. The lowest BCUT2D eigenvalue weighted by Gasteiger charge is -2.40. The van der Waals surface area contributed by atoms with Gasteiger partial charge in [-0.15, -0.1) is 0 Å². The summed E-state index contributed by atoms with van der Waals surface area (Å²) in [5.74, 6) is 1.14. The van der Waals surface area contributed by atoms with Gasteiger partial charge in [0, 0.05) is 43.6 Å². The minimum absolute atomic E-state index is 0.0556. The molecule has 1 aliphatic heterocycles. The van der Waals surface area contributed by atoms with Crippen LogP contribution >= 0.6 is 0 Å². The van der Waals surface area contributed by atoms with Crippen LogP contribution in [0.25, 0.3) is 0 Å². The fourth-order valence-electron chi connectivity index (χ4n) is 3.21. The van der Waals surface area contributed by atoms with Crippen molar-refractivity contribution in [1.82, 2.24) is 15.3 Å². The number of anilines is 1. The number of nitrogens with one attached hydrogen (secondary N) is 2. The van der Waals surface area contributed by atoms with E-state index in [2.05, 4.69) is 51.8 Å². The van der Waals surface area contributed by atoms with Crippen molar-refractivity contribution in [2.24, 2.45) is 0 Å². The van der Waals surface area contributed by atoms with E-state index in [-0.39, 0.29) is 11.6 Å². The van der Waals surface area contributed by atoms with Gasteiger partial charge < -0.3 is 20.1 Å². The molecule has 0 bridgehead atoms. The van der Waals surface area contributed by atoms with Crippen molar-refractivity contribution in [2.45, 2.75) is 31.3 Å². The van der Waals surface area contributed by atoms with E-state index < -0.39 is 0 Å². The highest BCUT2D eigenvalue weighted by atomic mass is 16.5. The lowest BCUT2D eigenvalue weighted by atomic mass is 9.88. The molecule has 2 aromatic rings. The van der Waals surface area contributed by atoms with Crippen LogP contribution < -0.4 is 15.4 Å². The standard InChI is InChI=1S/C19H26N4O2/c1-15(16-6-4-3-5-7-16)23-19(9-12-25-13-10-19)14-21-18-20-11-8-17(22-18)24-2/h3-8,11,15,23H,9-10,12-14H2,1-2H3,(H,20,21,22)/t15-/m1/s1. The van der Waals surface area contributed by atoms with Crippen LogP contribution in [-0.4, -0.2) is 42.4 Å². The minimum atomic E-state index is -0.0556. The maximum Gasteiger partial charge on any atom is 0.226 e. The number of aromatic nitrogens is 2. The van der Waals surface area contributed by atoms with Crippen LogP contribution in [0.2, 0.25) is 0 Å². The lowest BCUT2D eigenvalue weighted by Crippen LogP contribution is -2.54. The third-order valence-electron chi connectivity index (χ3n) is 4.70. The summed E-state index contributed by atoms with van der Waals surface area (Å²) in [5.41, 5.74) is 1.23. The molecule has 1 fully saturated rings. The Morgan fingerprint density at radius 3 is 2.68 bits per heavy atom. The van der Waals surface area contributed by atoms with Gasteiger partial charge in [-0.2, -0.15) is 4.98 Å². The van der Waals surface area contributed by atoms with E-state index in [1.54, 1.807) is 19.4 Å². The second kappa shape index (κ2) is 8.27. The lowest BCUT2D eigenvalue weighted by molar-refractivity contribution is 0.0388. The third kappa shape index (κ3) is 4.67. The topological polar surface area (TPSA) is 68.3 Å². The first kappa shape index (κ1) is 17.6. The van der Waals surface area contributed by atoms with Crippen LogP contribution in [0.1, 0.15) is 31.4 Å². The summed E-state index contributed by atoms with van der Waals surface area (Å²) in [7, 11) is 1.61. The van der Waals surface area contributed by atoms with E-state index in [0.717, 1.165) is 32.6 Å². The van der Waals surface area contributed by atoms with E-state index in [4.69, 9.17) is 9.47 Å². The van der Waals surface area contributed by atoms with Crippen molar-refractivity contribution in [3.8, 4) is 5.88 Å². The van der Waals surface area contributed by atoms with Crippen LogP contribution in [-0.2, 0) is 4.74 Å². The van der Waals surface area contributed by atoms with Gasteiger partial charge in [-0.3, -0.25) is 0 Å². The molecule has 1 aromatic carbocycles. The zero-order valence-corrected chi connectivity index (χ0v) is 14.9. The van der Waals surface area contributed by atoms with Crippen LogP contribution in [0.3, 0.4) is 0 Å². The van der Waals surface area contributed by atoms with Crippen molar-refractivity contribution in [1.29, 1.82) is 0 Å². The fourth-order valence-corrected chi connectivity index (χ4v) is 3.21. The van der Waals surface area contributed by atoms with Crippen molar-refractivity contribution in [2.75, 3.05) is 32.2 Å². The van der Waals surface area contributed by atoms with Crippen molar-refractivity contribution < 1.29 is 9.47 Å². The molecule has 1 atom stereocenters. The molecule has 6 heteroatoms. The molecule has 6 nitrogen and oxygen atoms in total. The summed E-state index contributed by atoms with van der Waals surface area (Å²) < 4.78 is 10.7. The molecule has 134 valence electrons. The predicted molar refractivity (Wildman–Crippen MR) is 97.9 cm³/mol.